The Bertz CT molecular complexity index is 757. The number of aliphatic imine (C=N–C) groups is 1. The van der Waals surface area contributed by atoms with Crippen molar-refractivity contribution in [2.75, 3.05) is 32.4 Å². The highest BCUT2D eigenvalue weighted by molar-refractivity contribution is 14.0. The molecule has 0 radical (unpaired) electrons. The molecule has 1 saturated heterocycles. The number of piperidine rings is 1. The van der Waals surface area contributed by atoms with E-state index in [-0.39, 0.29) is 35.8 Å². The molecule has 3 rings (SSSR count). The maximum Gasteiger partial charge on any atom is 0.213 e. The van der Waals surface area contributed by atoms with Crippen LogP contribution in [-0.2, 0) is 10.0 Å². The smallest absolute Gasteiger partial charge is 0.213 e. The summed E-state index contributed by atoms with van der Waals surface area (Å²) >= 11 is 0. The van der Waals surface area contributed by atoms with Crippen LogP contribution >= 0.6 is 24.0 Å². The lowest BCUT2D eigenvalue weighted by atomic mass is 9.79. The Morgan fingerprint density at radius 2 is 1.70 bits per heavy atom. The van der Waals surface area contributed by atoms with Crippen molar-refractivity contribution in [2.24, 2.45) is 10.9 Å². The number of guanidine groups is 1. The van der Waals surface area contributed by atoms with Crippen molar-refractivity contribution in [1.29, 1.82) is 0 Å². The van der Waals surface area contributed by atoms with Gasteiger partial charge in [-0.3, -0.25) is 4.99 Å². The largest absolute Gasteiger partial charge is 0.356 e. The van der Waals surface area contributed by atoms with E-state index in [1.807, 2.05) is 0 Å². The van der Waals surface area contributed by atoms with E-state index in [1.165, 1.54) is 31.2 Å². The predicted molar refractivity (Wildman–Crippen MR) is 135 cm³/mol. The predicted octanol–water partition coefficient (Wildman–Crippen LogP) is 3.56. The number of sulfonamides is 1. The zero-order valence-electron chi connectivity index (χ0n) is 18.2. The van der Waals surface area contributed by atoms with Crippen LogP contribution in [0.1, 0.15) is 56.9 Å². The Balaban J connectivity index is 0.00000320. The summed E-state index contributed by atoms with van der Waals surface area (Å²) in [5.41, 5.74) is 1.48. The van der Waals surface area contributed by atoms with Crippen molar-refractivity contribution in [2.45, 2.75) is 57.4 Å². The fourth-order valence-corrected chi connectivity index (χ4v) is 5.65. The summed E-state index contributed by atoms with van der Waals surface area (Å²) in [6.07, 6.45) is 6.65. The summed E-state index contributed by atoms with van der Waals surface area (Å²) in [5.74, 6) is 2.41. The maximum absolute atomic E-state index is 12.0. The Morgan fingerprint density at radius 1 is 1.07 bits per heavy atom. The minimum Gasteiger partial charge on any atom is -0.356 e. The molecule has 1 aromatic rings. The van der Waals surface area contributed by atoms with Gasteiger partial charge in [0, 0.05) is 32.7 Å². The standard InChI is InChI=1S/C22H36N4O2S.HI/c1-3-29(27,28)26-15-13-21(14-16-26)25-22(23-2)24-17-18-9-11-20(12-10-18)19-7-5-4-6-8-19;/h4-8,18,20-21H,3,9-17H2,1-2H3,(H2,23,24,25);1H. The van der Waals surface area contributed by atoms with Gasteiger partial charge in [-0.15, -0.1) is 24.0 Å². The zero-order chi connectivity index (χ0) is 20.7. The Hall–Kier alpha value is -0.870. The van der Waals surface area contributed by atoms with Gasteiger partial charge in [0.2, 0.25) is 10.0 Å². The molecule has 0 amide bonds. The van der Waals surface area contributed by atoms with E-state index in [9.17, 15) is 8.42 Å². The molecule has 30 heavy (non-hydrogen) atoms. The topological polar surface area (TPSA) is 73.8 Å². The van der Waals surface area contributed by atoms with Gasteiger partial charge in [-0.05, 0) is 62.8 Å². The van der Waals surface area contributed by atoms with Gasteiger partial charge in [0.15, 0.2) is 5.96 Å². The third-order valence-electron chi connectivity index (χ3n) is 6.45. The molecule has 1 saturated carbocycles. The normalized spacial score (nSPS) is 24.1. The molecular weight excluding hydrogens is 511 g/mol. The molecule has 0 atom stereocenters. The average molecular weight is 549 g/mol. The summed E-state index contributed by atoms with van der Waals surface area (Å²) < 4.78 is 25.6. The zero-order valence-corrected chi connectivity index (χ0v) is 21.4. The van der Waals surface area contributed by atoms with Crippen LogP contribution in [-0.4, -0.2) is 57.2 Å². The molecule has 0 aromatic heterocycles. The summed E-state index contributed by atoms with van der Waals surface area (Å²) in [5, 5.41) is 6.99. The van der Waals surface area contributed by atoms with Crippen molar-refractivity contribution in [3.05, 3.63) is 35.9 Å². The molecule has 1 aliphatic carbocycles. The third-order valence-corrected chi connectivity index (χ3v) is 8.33. The van der Waals surface area contributed by atoms with Crippen LogP contribution in [0.15, 0.2) is 35.3 Å². The molecule has 2 aliphatic rings. The quantitative estimate of drug-likeness (QED) is 0.324. The average Bonchev–Trinajstić information content (AvgIpc) is 2.78. The lowest BCUT2D eigenvalue weighted by Gasteiger charge is -2.33. The van der Waals surface area contributed by atoms with E-state index in [0.717, 1.165) is 25.3 Å². The van der Waals surface area contributed by atoms with Gasteiger partial charge < -0.3 is 10.6 Å². The minimum atomic E-state index is -3.07. The molecule has 0 unspecified atom stereocenters. The maximum atomic E-state index is 12.0. The van der Waals surface area contributed by atoms with E-state index >= 15 is 0 Å². The van der Waals surface area contributed by atoms with Crippen LogP contribution in [0.25, 0.3) is 0 Å². The lowest BCUT2D eigenvalue weighted by molar-refractivity contribution is 0.303. The molecule has 1 aromatic carbocycles. The lowest BCUT2D eigenvalue weighted by Crippen LogP contribution is -2.50. The van der Waals surface area contributed by atoms with Crippen molar-refractivity contribution in [3.8, 4) is 0 Å². The first-order valence-corrected chi connectivity index (χ1v) is 12.6. The van der Waals surface area contributed by atoms with Crippen LogP contribution in [0.5, 0.6) is 0 Å². The first-order valence-electron chi connectivity index (χ1n) is 11.0. The van der Waals surface area contributed by atoms with Crippen LogP contribution in [0, 0.1) is 5.92 Å². The Labute approximate surface area is 199 Å². The Morgan fingerprint density at radius 3 is 2.27 bits per heavy atom. The van der Waals surface area contributed by atoms with Gasteiger partial charge in [-0.2, -0.15) is 0 Å². The molecule has 0 spiro atoms. The van der Waals surface area contributed by atoms with E-state index in [4.69, 9.17) is 0 Å². The van der Waals surface area contributed by atoms with Gasteiger partial charge in [-0.1, -0.05) is 30.3 Å². The second kappa shape index (κ2) is 12.2. The highest BCUT2D eigenvalue weighted by atomic mass is 127. The van der Waals surface area contributed by atoms with Crippen LogP contribution in [0.2, 0.25) is 0 Å². The van der Waals surface area contributed by atoms with Crippen molar-refractivity contribution < 1.29 is 8.42 Å². The van der Waals surface area contributed by atoms with Gasteiger partial charge in [-0.25, -0.2) is 12.7 Å². The number of hydrogen-bond acceptors (Lipinski definition) is 3. The summed E-state index contributed by atoms with van der Waals surface area (Å²) in [7, 11) is -1.26. The molecule has 6 nitrogen and oxygen atoms in total. The van der Waals surface area contributed by atoms with Gasteiger partial charge in [0.25, 0.3) is 0 Å². The Kier molecular flexibility index (Phi) is 10.4. The number of nitrogens with one attached hydrogen (secondary N) is 2. The molecule has 2 N–H and O–H groups in total. The first-order chi connectivity index (χ1) is 14.0. The monoisotopic (exact) mass is 548 g/mol. The fraction of sp³-hybridized carbons (Fsp3) is 0.682. The summed E-state index contributed by atoms with van der Waals surface area (Å²) in [4.78, 5) is 4.38. The molecule has 170 valence electrons. The molecule has 0 bridgehead atoms. The van der Waals surface area contributed by atoms with Crippen LogP contribution in [0.4, 0.5) is 0 Å². The molecule has 1 aliphatic heterocycles. The van der Waals surface area contributed by atoms with Crippen molar-refractivity contribution in [3.63, 3.8) is 0 Å². The van der Waals surface area contributed by atoms with Gasteiger partial charge in [0.1, 0.15) is 0 Å². The molecule has 1 heterocycles. The van der Waals surface area contributed by atoms with Crippen molar-refractivity contribution in [1.82, 2.24) is 14.9 Å². The number of rotatable bonds is 6. The SMILES string of the molecule is CCS(=O)(=O)N1CCC(NC(=NC)NCC2CCC(c3ccccc3)CC2)CC1.I. The molecule has 8 heteroatoms. The highest BCUT2D eigenvalue weighted by Crippen LogP contribution is 2.35. The third kappa shape index (κ3) is 7.09. The number of hydrogen-bond donors (Lipinski definition) is 2. The van der Waals surface area contributed by atoms with E-state index in [0.29, 0.717) is 24.9 Å². The second-order valence-electron chi connectivity index (χ2n) is 8.30. The highest BCUT2D eigenvalue weighted by Gasteiger charge is 2.27. The number of benzene rings is 1. The minimum absolute atomic E-state index is 0. The van der Waals surface area contributed by atoms with E-state index in [1.54, 1.807) is 18.3 Å². The van der Waals surface area contributed by atoms with Crippen LogP contribution in [0.3, 0.4) is 0 Å². The van der Waals surface area contributed by atoms with Crippen LogP contribution < -0.4 is 10.6 Å². The number of halogens is 1. The van der Waals surface area contributed by atoms with Crippen molar-refractivity contribution >= 4 is 40.0 Å². The first kappa shape index (κ1) is 25.4. The number of nitrogens with zero attached hydrogens (tertiary/aromatic N) is 2. The molecular formula is C22H37IN4O2S. The van der Waals surface area contributed by atoms with Gasteiger partial charge in [0.05, 0.1) is 5.75 Å². The second-order valence-corrected chi connectivity index (χ2v) is 10.6. The summed E-state index contributed by atoms with van der Waals surface area (Å²) in [6.45, 7) is 3.84. The summed E-state index contributed by atoms with van der Waals surface area (Å²) in [6, 6.07) is 11.2. The van der Waals surface area contributed by atoms with E-state index < -0.39 is 10.0 Å². The molecule has 2 fully saturated rings. The van der Waals surface area contributed by atoms with E-state index in [2.05, 4.69) is 46.0 Å². The fourth-order valence-electron chi connectivity index (χ4n) is 4.51. The van der Waals surface area contributed by atoms with Gasteiger partial charge >= 0.3 is 0 Å².